The Balaban J connectivity index is 5.05. The van der Waals surface area contributed by atoms with Crippen molar-refractivity contribution in [3.63, 3.8) is 0 Å². The van der Waals surface area contributed by atoms with E-state index >= 15 is 0 Å². The Bertz CT molecular complexity index is 941. The average molecular weight is 697 g/mol. The Kier molecular flexibility index (Phi) is 24.6. The normalized spacial score (nSPS) is 14.9. The van der Waals surface area contributed by atoms with Crippen LogP contribution in [0.1, 0.15) is 130 Å². The third kappa shape index (κ3) is 21.6. The zero-order valence-corrected chi connectivity index (χ0v) is 33.5. The van der Waals surface area contributed by atoms with E-state index in [4.69, 9.17) is 0 Å². The van der Waals surface area contributed by atoms with Crippen LogP contribution in [0.15, 0.2) is 0 Å². The lowest BCUT2D eigenvalue weighted by Crippen LogP contribution is -2.43. The highest BCUT2D eigenvalue weighted by Gasteiger charge is 2.41. The highest BCUT2D eigenvalue weighted by molar-refractivity contribution is 5.84. The standard InChI is InChI=1S/C39H77N5O5/c1-11-13-14-15-16-17-18-19-20-21-27-44(9,10)28-23-25-40-35(45)32(3)30-39(4,38(48)49)31-34(29-33(12-2)37(47)43(7)8)36(46)41-24-22-26-42(5)6/h32-34H,11-31H2,1-10H3,(H2-,40,41,45,46,48,49)/p+1. The van der Waals surface area contributed by atoms with Crippen LogP contribution in [-0.2, 0) is 19.2 Å². The van der Waals surface area contributed by atoms with Crippen LogP contribution in [0.4, 0.5) is 0 Å². The SMILES string of the molecule is CCCCCCCCCCCC[N+](C)(C)CCCNC(=O)C(C)CC(C)(CC(CC(CC)C(=O)N(C)C)C(=O)NCCCN(C)C)C(=O)O. The van der Waals surface area contributed by atoms with E-state index in [0.717, 1.165) is 37.0 Å². The molecule has 0 aliphatic rings. The summed E-state index contributed by atoms with van der Waals surface area (Å²) in [6.45, 7) is 11.5. The van der Waals surface area contributed by atoms with Crippen molar-refractivity contribution in [3.05, 3.63) is 0 Å². The number of amides is 3. The molecule has 4 atom stereocenters. The third-order valence-electron chi connectivity index (χ3n) is 10.1. The van der Waals surface area contributed by atoms with Gasteiger partial charge in [-0.1, -0.05) is 72.1 Å². The Labute approximate surface area is 301 Å². The highest BCUT2D eigenvalue weighted by Crippen LogP contribution is 2.37. The van der Waals surface area contributed by atoms with Crippen molar-refractivity contribution in [3.8, 4) is 0 Å². The predicted octanol–water partition coefficient (Wildman–Crippen LogP) is 6.19. The van der Waals surface area contributed by atoms with Gasteiger partial charge >= 0.3 is 5.97 Å². The first-order valence-electron chi connectivity index (χ1n) is 19.5. The average Bonchev–Trinajstić information content (AvgIpc) is 3.03. The fraction of sp³-hybridized carbons (Fsp3) is 0.897. The second-order valence-electron chi connectivity index (χ2n) is 16.1. The number of nitrogens with one attached hydrogen (secondary N) is 2. The van der Waals surface area contributed by atoms with E-state index < -0.39 is 23.2 Å². The number of hydrogen-bond donors (Lipinski definition) is 3. The first-order valence-corrected chi connectivity index (χ1v) is 19.5. The van der Waals surface area contributed by atoms with Gasteiger partial charge in [-0.05, 0) is 72.5 Å². The molecule has 0 spiro atoms. The Morgan fingerprint density at radius 3 is 1.73 bits per heavy atom. The summed E-state index contributed by atoms with van der Waals surface area (Å²) in [4.78, 5) is 55.7. The molecule has 288 valence electrons. The summed E-state index contributed by atoms with van der Waals surface area (Å²) in [5.41, 5.74) is -1.31. The van der Waals surface area contributed by atoms with Gasteiger partial charge in [0.1, 0.15) is 0 Å². The van der Waals surface area contributed by atoms with Crippen molar-refractivity contribution in [1.82, 2.24) is 20.4 Å². The number of carboxylic acids is 1. The van der Waals surface area contributed by atoms with Gasteiger partial charge in [0.2, 0.25) is 17.7 Å². The molecule has 0 radical (unpaired) electrons. The summed E-state index contributed by atoms with van der Waals surface area (Å²) < 4.78 is 0.924. The summed E-state index contributed by atoms with van der Waals surface area (Å²) in [6.07, 6.45) is 15.9. The molecule has 0 aromatic heterocycles. The van der Waals surface area contributed by atoms with Crippen LogP contribution in [-0.4, -0.2) is 118 Å². The minimum Gasteiger partial charge on any atom is -0.481 e. The van der Waals surface area contributed by atoms with Crippen molar-refractivity contribution in [2.24, 2.45) is 23.2 Å². The molecule has 0 aliphatic heterocycles. The number of hydrogen-bond acceptors (Lipinski definition) is 5. The molecular weight excluding hydrogens is 618 g/mol. The van der Waals surface area contributed by atoms with Crippen LogP contribution in [0.25, 0.3) is 0 Å². The van der Waals surface area contributed by atoms with E-state index in [0.29, 0.717) is 19.5 Å². The van der Waals surface area contributed by atoms with E-state index in [1.54, 1.807) is 27.9 Å². The summed E-state index contributed by atoms with van der Waals surface area (Å²) in [5.74, 6) is -3.08. The second-order valence-corrected chi connectivity index (χ2v) is 16.1. The first kappa shape index (κ1) is 46.8. The number of rotatable bonds is 30. The van der Waals surface area contributed by atoms with Gasteiger partial charge in [0.25, 0.3) is 0 Å². The molecule has 0 aromatic carbocycles. The number of carbonyl (C=O) groups is 4. The van der Waals surface area contributed by atoms with Crippen LogP contribution < -0.4 is 10.6 Å². The molecule has 0 saturated heterocycles. The van der Waals surface area contributed by atoms with Gasteiger partial charge in [0, 0.05) is 51.4 Å². The van der Waals surface area contributed by atoms with E-state index in [1.807, 2.05) is 25.9 Å². The molecule has 0 aliphatic carbocycles. The number of nitrogens with zero attached hydrogens (tertiary/aromatic N) is 3. The van der Waals surface area contributed by atoms with Crippen LogP contribution in [0.3, 0.4) is 0 Å². The summed E-state index contributed by atoms with van der Waals surface area (Å²) in [5, 5.41) is 16.4. The maximum absolute atomic E-state index is 13.4. The van der Waals surface area contributed by atoms with E-state index in [9.17, 15) is 24.3 Å². The number of quaternary nitrogens is 1. The maximum atomic E-state index is 13.4. The number of unbranched alkanes of at least 4 members (excludes halogenated alkanes) is 9. The van der Waals surface area contributed by atoms with Crippen molar-refractivity contribution in [1.29, 1.82) is 0 Å². The smallest absolute Gasteiger partial charge is 0.309 e. The number of aliphatic carboxylic acids is 1. The molecule has 0 saturated carbocycles. The summed E-state index contributed by atoms with van der Waals surface area (Å²) in [6, 6.07) is 0. The number of carbonyl (C=O) groups excluding carboxylic acids is 3. The fourth-order valence-electron chi connectivity index (χ4n) is 6.79. The molecule has 0 rings (SSSR count). The van der Waals surface area contributed by atoms with Crippen LogP contribution in [0, 0.1) is 23.2 Å². The molecule has 10 heteroatoms. The minimum absolute atomic E-state index is 0.0568. The fourth-order valence-corrected chi connectivity index (χ4v) is 6.79. The van der Waals surface area contributed by atoms with Gasteiger partial charge in [-0.3, -0.25) is 19.2 Å². The molecule has 49 heavy (non-hydrogen) atoms. The Morgan fingerprint density at radius 2 is 1.22 bits per heavy atom. The topological polar surface area (TPSA) is 119 Å². The molecule has 3 amide bonds. The molecule has 0 aromatic rings. The summed E-state index contributed by atoms with van der Waals surface area (Å²) in [7, 11) is 11.8. The molecular formula is C39H78N5O5+. The first-order chi connectivity index (χ1) is 23.0. The van der Waals surface area contributed by atoms with Crippen molar-refractivity contribution < 1.29 is 28.8 Å². The van der Waals surface area contributed by atoms with Crippen molar-refractivity contribution >= 4 is 23.7 Å². The van der Waals surface area contributed by atoms with Crippen LogP contribution in [0.5, 0.6) is 0 Å². The van der Waals surface area contributed by atoms with Gasteiger partial charge in [-0.15, -0.1) is 0 Å². The molecule has 0 heterocycles. The van der Waals surface area contributed by atoms with Crippen LogP contribution >= 0.6 is 0 Å². The zero-order chi connectivity index (χ0) is 37.5. The lowest BCUT2D eigenvalue weighted by Gasteiger charge is -2.33. The molecule has 4 unspecified atom stereocenters. The zero-order valence-electron chi connectivity index (χ0n) is 33.5. The molecule has 0 fully saturated rings. The van der Waals surface area contributed by atoms with Gasteiger partial charge in [0.15, 0.2) is 0 Å². The van der Waals surface area contributed by atoms with Crippen LogP contribution in [0.2, 0.25) is 0 Å². The summed E-state index contributed by atoms with van der Waals surface area (Å²) >= 11 is 0. The second kappa shape index (κ2) is 25.7. The lowest BCUT2D eigenvalue weighted by molar-refractivity contribution is -0.890. The lowest BCUT2D eigenvalue weighted by atomic mass is 9.72. The van der Waals surface area contributed by atoms with Gasteiger partial charge < -0.3 is 30.0 Å². The Morgan fingerprint density at radius 1 is 0.714 bits per heavy atom. The Hall–Kier alpha value is -2.20. The molecule has 3 N–H and O–H groups in total. The minimum atomic E-state index is -1.31. The van der Waals surface area contributed by atoms with Crippen molar-refractivity contribution in [2.75, 3.05) is 75.0 Å². The largest absolute Gasteiger partial charge is 0.481 e. The highest BCUT2D eigenvalue weighted by atomic mass is 16.4. The molecule has 10 nitrogen and oxygen atoms in total. The van der Waals surface area contributed by atoms with E-state index in [1.165, 1.54) is 69.1 Å². The molecule has 0 bridgehead atoms. The monoisotopic (exact) mass is 697 g/mol. The van der Waals surface area contributed by atoms with Gasteiger partial charge in [-0.2, -0.15) is 0 Å². The van der Waals surface area contributed by atoms with Gasteiger partial charge in [0.05, 0.1) is 32.6 Å². The quantitative estimate of drug-likeness (QED) is 0.0610. The maximum Gasteiger partial charge on any atom is 0.309 e. The van der Waals surface area contributed by atoms with E-state index in [-0.39, 0.29) is 42.9 Å². The van der Waals surface area contributed by atoms with Gasteiger partial charge in [-0.25, -0.2) is 0 Å². The van der Waals surface area contributed by atoms with E-state index in [2.05, 4.69) is 31.7 Å². The third-order valence-corrected chi connectivity index (χ3v) is 10.1. The van der Waals surface area contributed by atoms with Crippen molar-refractivity contribution in [2.45, 2.75) is 130 Å². The number of carboxylic acid groups (broad SMARTS) is 1. The predicted molar refractivity (Wildman–Crippen MR) is 202 cm³/mol.